The lowest BCUT2D eigenvalue weighted by molar-refractivity contribution is -0.134. The van der Waals surface area contributed by atoms with Crippen LogP contribution in [-0.4, -0.2) is 25.2 Å². The lowest BCUT2D eigenvalue weighted by atomic mass is 10.1. The van der Waals surface area contributed by atoms with Crippen molar-refractivity contribution in [3.8, 4) is 17.2 Å². The van der Waals surface area contributed by atoms with E-state index in [1.54, 1.807) is 24.3 Å². The predicted octanol–water partition coefficient (Wildman–Crippen LogP) is 6.16. The molecule has 3 aromatic carbocycles. The van der Waals surface area contributed by atoms with Crippen molar-refractivity contribution in [2.24, 2.45) is 0 Å². The van der Waals surface area contributed by atoms with E-state index in [1.807, 2.05) is 55.5 Å². The van der Waals surface area contributed by atoms with Gasteiger partial charge in [0.05, 0.1) is 18.8 Å². The van der Waals surface area contributed by atoms with Crippen molar-refractivity contribution < 1.29 is 28.5 Å². The number of ether oxygens (including phenoxy) is 4. The second-order valence-corrected chi connectivity index (χ2v) is 7.98. The maximum absolute atomic E-state index is 12.3. The molecule has 0 aliphatic rings. The molecule has 0 aliphatic carbocycles. The van der Waals surface area contributed by atoms with Crippen molar-refractivity contribution in [2.75, 3.05) is 13.2 Å². The highest BCUT2D eigenvalue weighted by molar-refractivity contribution is 5.89. The van der Waals surface area contributed by atoms with Gasteiger partial charge in [0, 0.05) is 6.42 Å². The third-order valence-electron chi connectivity index (χ3n) is 5.22. The molecule has 0 unspecified atom stereocenters. The van der Waals surface area contributed by atoms with Gasteiger partial charge in [-0.3, -0.25) is 4.79 Å². The molecule has 3 rings (SSSR count). The number of benzene rings is 3. The average Bonchev–Trinajstić information content (AvgIpc) is 2.88. The minimum Gasteiger partial charge on any atom is -0.490 e. The second kappa shape index (κ2) is 13.8. The van der Waals surface area contributed by atoms with E-state index in [9.17, 15) is 9.59 Å². The monoisotopic (exact) mass is 476 g/mol. The number of esters is 2. The number of rotatable bonds is 13. The van der Waals surface area contributed by atoms with Crippen LogP contribution in [0, 0.1) is 0 Å². The van der Waals surface area contributed by atoms with E-state index in [2.05, 4.69) is 6.92 Å². The number of hydrogen-bond donors (Lipinski definition) is 0. The highest BCUT2D eigenvalue weighted by atomic mass is 16.5. The smallest absolute Gasteiger partial charge is 0.338 e. The topological polar surface area (TPSA) is 71.1 Å². The summed E-state index contributed by atoms with van der Waals surface area (Å²) in [6.07, 6.45) is 2.76. The number of hydrogen-bond acceptors (Lipinski definition) is 6. The van der Waals surface area contributed by atoms with Crippen LogP contribution in [0.1, 0.15) is 54.6 Å². The van der Waals surface area contributed by atoms with E-state index in [-0.39, 0.29) is 19.0 Å². The number of aryl methyl sites for hydroxylation is 1. The Morgan fingerprint density at radius 1 is 0.800 bits per heavy atom. The first-order valence-corrected chi connectivity index (χ1v) is 12.0. The molecular weight excluding hydrogens is 444 g/mol. The molecule has 0 amide bonds. The first-order chi connectivity index (χ1) is 17.1. The molecule has 0 radical (unpaired) electrons. The van der Waals surface area contributed by atoms with Gasteiger partial charge in [0.2, 0.25) is 0 Å². The van der Waals surface area contributed by atoms with Crippen LogP contribution in [0.15, 0.2) is 72.8 Å². The van der Waals surface area contributed by atoms with E-state index in [0.29, 0.717) is 42.4 Å². The summed E-state index contributed by atoms with van der Waals surface area (Å²) in [6, 6.07) is 21.6. The lowest BCUT2D eigenvalue weighted by Gasteiger charge is -2.13. The zero-order chi connectivity index (χ0) is 24.9. The fraction of sp³-hybridized carbons (Fsp3) is 0.310. The Morgan fingerprint density at radius 2 is 1.57 bits per heavy atom. The molecule has 0 saturated carbocycles. The normalized spacial score (nSPS) is 10.5. The first kappa shape index (κ1) is 25.8. The third kappa shape index (κ3) is 8.49. The van der Waals surface area contributed by atoms with Gasteiger partial charge >= 0.3 is 11.9 Å². The Hall–Kier alpha value is -3.80. The summed E-state index contributed by atoms with van der Waals surface area (Å²) in [7, 11) is 0. The molecule has 0 heterocycles. The Kier molecular flexibility index (Phi) is 10.2. The van der Waals surface area contributed by atoms with Gasteiger partial charge in [0.1, 0.15) is 12.4 Å². The highest BCUT2D eigenvalue weighted by Crippen LogP contribution is 2.29. The van der Waals surface area contributed by atoms with Gasteiger partial charge in [-0.15, -0.1) is 0 Å². The highest BCUT2D eigenvalue weighted by Gasteiger charge is 2.12. The first-order valence-electron chi connectivity index (χ1n) is 12.0. The zero-order valence-corrected chi connectivity index (χ0v) is 20.3. The molecule has 0 aromatic heterocycles. The van der Waals surface area contributed by atoms with Crippen molar-refractivity contribution in [2.45, 2.75) is 46.1 Å². The van der Waals surface area contributed by atoms with Gasteiger partial charge in [-0.25, -0.2) is 4.79 Å². The van der Waals surface area contributed by atoms with E-state index < -0.39 is 5.97 Å². The molecule has 3 aromatic rings. The molecule has 0 atom stereocenters. The standard InChI is InChI=1S/C29H32O6/c1-3-5-19-33-26-17-11-22(20-27(26)32-4-2)12-18-28(30)35-25-15-13-24(14-16-25)29(31)34-21-23-9-7-6-8-10-23/h6-11,13-17,20H,3-5,12,18-19,21H2,1-2H3. The SMILES string of the molecule is CCCCOc1ccc(CCC(=O)Oc2ccc(C(=O)OCc3ccccc3)cc2)cc1OCC. The number of carbonyl (C=O) groups excluding carboxylic acids is 2. The Balaban J connectivity index is 1.48. The van der Waals surface area contributed by atoms with Crippen LogP contribution in [0.2, 0.25) is 0 Å². The molecule has 6 heteroatoms. The zero-order valence-electron chi connectivity index (χ0n) is 20.3. The summed E-state index contributed by atoms with van der Waals surface area (Å²) in [6.45, 7) is 5.42. The summed E-state index contributed by atoms with van der Waals surface area (Å²) in [5.74, 6) is 0.993. The van der Waals surface area contributed by atoms with E-state index in [1.165, 1.54) is 0 Å². The third-order valence-corrected chi connectivity index (χ3v) is 5.22. The Labute approximate surface area is 206 Å². The average molecular weight is 477 g/mol. The maximum Gasteiger partial charge on any atom is 0.338 e. The van der Waals surface area contributed by atoms with Crippen LogP contribution < -0.4 is 14.2 Å². The molecule has 0 aliphatic heterocycles. The minimum atomic E-state index is -0.432. The van der Waals surface area contributed by atoms with Gasteiger partial charge in [0.25, 0.3) is 0 Å². The number of unbranched alkanes of at least 4 members (excludes halogenated alkanes) is 1. The molecule has 0 bridgehead atoms. The van der Waals surface area contributed by atoms with Crippen LogP contribution in [0.4, 0.5) is 0 Å². The molecule has 0 N–H and O–H groups in total. The van der Waals surface area contributed by atoms with Crippen LogP contribution >= 0.6 is 0 Å². The summed E-state index contributed by atoms with van der Waals surface area (Å²) in [5.41, 5.74) is 2.27. The van der Waals surface area contributed by atoms with Gasteiger partial charge < -0.3 is 18.9 Å². The van der Waals surface area contributed by atoms with Crippen molar-refractivity contribution in [3.05, 3.63) is 89.5 Å². The van der Waals surface area contributed by atoms with Crippen LogP contribution in [-0.2, 0) is 22.6 Å². The maximum atomic E-state index is 12.3. The summed E-state index contributed by atoms with van der Waals surface area (Å²) < 4.78 is 22.2. The van der Waals surface area contributed by atoms with Crippen LogP contribution in [0.5, 0.6) is 17.2 Å². The molecule has 0 spiro atoms. The number of carbonyl (C=O) groups is 2. The van der Waals surface area contributed by atoms with E-state index in [4.69, 9.17) is 18.9 Å². The lowest BCUT2D eigenvalue weighted by Crippen LogP contribution is -2.10. The molecular formula is C29H32O6. The van der Waals surface area contributed by atoms with Crippen LogP contribution in [0.3, 0.4) is 0 Å². The van der Waals surface area contributed by atoms with E-state index >= 15 is 0 Å². The molecule has 0 fully saturated rings. The largest absolute Gasteiger partial charge is 0.490 e. The van der Waals surface area contributed by atoms with Crippen molar-refractivity contribution in [1.29, 1.82) is 0 Å². The Bertz CT molecular complexity index is 1080. The molecule has 6 nitrogen and oxygen atoms in total. The van der Waals surface area contributed by atoms with Crippen molar-refractivity contribution in [1.82, 2.24) is 0 Å². The molecule has 184 valence electrons. The fourth-order valence-corrected chi connectivity index (χ4v) is 3.32. The van der Waals surface area contributed by atoms with Crippen molar-refractivity contribution >= 4 is 11.9 Å². The second-order valence-electron chi connectivity index (χ2n) is 7.98. The van der Waals surface area contributed by atoms with Gasteiger partial charge in [-0.2, -0.15) is 0 Å². The van der Waals surface area contributed by atoms with Gasteiger partial charge in [-0.1, -0.05) is 49.7 Å². The van der Waals surface area contributed by atoms with E-state index in [0.717, 1.165) is 24.0 Å². The summed E-state index contributed by atoms with van der Waals surface area (Å²) >= 11 is 0. The fourth-order valence-electron chi connectivity index (χ4n) is 3.32. The summed E-state index contributed by atoms with van der Waals surface area (Å²) in [4.78, 5) is 24.6. The molecule has 0 saturated heterocycles. The summed E-state index contributed by atoms with van der Waals surface area (Å²) in [5, 5.41) is 0. The Morgan fingerprint density at radius 3 is 2.29 bits per heavy atom. The van der Waals surface area contributed by atoms with Crippen LogP contribution in [0.25, 0.3) is 0 Å². The van der Waals surface area contributed by atoms with Crippen molar-refractivity contribution in [3.63, 3.8) is 0 Å². The minimum absolute atomic E-state index is 0.202. The molecule has 35 heavy (non-hydrogen) atoms. The predicted molar refractivity (Wildman–Crippen MR) is 134 cm³/mol. The van der Waals surface area contributed by atoms with Gasteiger partial charge in [0.15, 0.2) is 11.5 Å². The quantitative estimate of drug-likeness (QED) is 0.167. The van der Waals surface area contributed by atoms with Gasteiger partial charge in [-0.05, 0) is 67.3 Å².